The Kier molecular flexibility index (Phi) is 2.45. The zero-order chi connectivity index (χ0) is 9.10. The molecule has 1 aliphatic rings. The first-order chi connectivity index (χ1) is 6.38. The fourth-order valence-corrected chi connectivity index (χ4v) is 1.97. The van der Waals surface area contributed by atoms with Crippen LogP contribution in [-0.2, 0) is 0 Å². The summed E-state index contributed by atoms with van der Waals surface area (Å²) in [4.78, 5) is 4.35. The van der Waals surface area contributed by atoms with E-state index in [-0.39, 0.29) is 0 Å². The van der Waals surface area contributed by atoms with Crippen LogP contribution in [0.5, 0.6) is 0 Å². The van der Waals surface area contributed by atoms with Gasteiger partial charge in [-0.05, 0) is 0 Å². The summed E-state index contributed by atoms with van der Waals surface area (Å²) in [6.07, 6.45) is 0. The zero-order valence-corrected chi connectivity index (χ0v) is 7.97. The number of benzene rings is 1. The standard InChI is InChI=1S/C10H10N2S/c11-10-9(12-6-7-13-10)8-4-2-1-3-5-8/h1-5,11H,6-7H2. The highest BCUT2D eigenvalue weighted by molar-refractivity contribution is 8.15. The van der Waals surface area contributed by atoms with Crippen molar-refractivity contribution in [1.82, 2.24) is 0 Å². The molecular weight excluding hydrogens is 180 g/mol. The number of nitrogens with zero attached hydrogens (tertiary/aromatic N) is 1. The van der Waals surface area contributed by atoms with Crippen LogP contribution in [0, 0.1) is 5.41 Å². The molecule has 0 bridgehead atoms. The van der Waals surface area contributed by atoms with Gasteiger partial charge in [-0.2, -0.15) is 0 Å². The number of nitrogens with one attached hydrogen (secondary N) is 1. The van der Waals surface area contributed by atoms with Gasteiger partial charge in [-0.15, -0.1) is 11.8 Å². The smallest absolute Gasteiger partial charge is 0.113 e. The molecule has 0 unspecified atom stereocenters. The Morgan fingerprint density at radius 1 is 1.23 bits per heavy atom. The van der Waals surface area contributed by atoms with Crippen LogP contribution in [0.15, 0.2) is 35.3 Å². The third-order valence-electron chi connectivity index (χ3n) is 1.87. The van der Waals surface area contributed by atoms with E-state index in [1.54, 1.807) is 11.8 Å². The lowest BCUT2D eigenvalue weighted by atomic mass is 10.1. The van der Waals surface area contributed by atoms with E-state index in [0.717, 1.165) is 23.6 Å². The van der Waals surface area contributed by atoms with Crippen molar-refractivity contribution in [3.8, 4) is 0 Å². The van der Waals surface area contributed by atoms with Crippen LogP contribution in [0.25, 0.3) is 0 Å². The van der Waals surface area contributed by atoms with E-state index in [1.807, 2.05) is 30.3 Å². The molecule has 0 fully saturated rings. The third-order valence-corrected chi connectivity index (χ3v) is 2.74. The average molecular weight is 190 g/mol. The molecule has 2 rings (SSSR count). The molecule has 13 heavy (non-hydrogen) atoms. The summed E-state index contributed by atoms with van der Waals surface area (Å²) in [5, 5.41) is 8.31. The predicted octanol–water partition coefficient (Wildman–Crippen LogP) is 2.20. The van der Waals surface area contributed by atoms with Crippen molar-refractivity contribution in [2.45, 2.75) is 0 Å². The lowest BCUT2D eigenvalue weighted by molar-refractivity contribution is 1.14. The molecule has 0 atom stereocenters. The molecule has 0 aliphatic carbocycles. The fraction of sp³-hybridized carbons (Fsp3) is 0.200. The first-order valence-electron chi connectivity index (χ1n) is 4.19. The molecule has 2 nitrogen and oxygen atoms in total. The van der Waals surface area contributed by atoms with Crippen LogP contribution >= 0.6 is 11.8 Å². The Bertz CT molecular complexity index is 343. The van der Waals surface area contributed by atoms with Gasteiger partial charge in [0.15, 0.2) is 0 Å². The van der Waals surface area contributed by atoms with Gasteiger partial charge < -0.3 is 0 Å². The van der Waals surface area contributed by atoms with Gasteiger partial charge >= 0.3 is 0 Å². The second-order valence-electron chi connectivity index (χ2n) is 2.77. The van der Waals surface area contributed by atoms with Crippen LogP contribution in [-0.4, -0.2) is 23.1 Å². The maximum atomic E-state index is 7.72. The van der Waals surface area contributed by atoms with Gasteiger partial charge in [0.2, 0.25) is 0 Å². The Morgan fingerprint density at radius 3 is 2.69 bits per heavy atom. The van der Waals surface area contributed by atoms with Gasteiger partial charge in [0.1, 0.15) is 5.04 Å². The van der Waals surface area contributed by atoms with Gasteiger partial charge in [-0.3, -0.25) is 10.4 Å². The Labute approximate surface area is 81.6 Å². The number of hydrogen-bond acceptors (Lipinski definition) is 3. The molecule has 66 valence electrons. The summed E-state index contributed by atoms with van der Waals surface area (Å²) in [7, 11) is 0. The van der Waals surface area contributed by atoms with Crippen LogP contribution < -0.4 is 0 Å². The molecule has 0 saturated heterocycles. The first-order valence-corrected chi connectivity index (χ1v) is 5.18. The third kappa shape index (κ3) is 1.80. The number of aliphatic imine (C=N–C) groups is 1. The zero-order valence-electron chi connectivity index (χ0n) is 7.16. The highest BCUT2D eigenvalue weighted by atomic mass is 32.2. The number of thioether (sulfide) groups is 1. The molecule has 0 spiro atoms. The van der Waals surface area contributed by atoms with E-state index < -0.39 is 0 Å². The van der Waals surface area contributed by atoms with Crippen LogP contribution in [0.2, 0.25) is 0 Å². The maximum Gasteiger partial charge on any atom is 0.113 e. The average Bonchev–Trinajstić information content (AvgIpc) is 2.20. The van der Waals surface area contributed by atoms with Gasteiger partial charge in [0.05, 0.1) is 5.71 Å². The van der Waals surface area contributed by atoms with E-state index >= 15 is 0 Å². The van der Waals surface area contributed by atoms with Gasteiger partial charge in [0.25, 0.3) is 0 Å². The highest BCUT2D eigenvalue weighted by Gasteiger charge is 2.13. The molecule has 0 radical (unpaired) electrons. The van der Waals surface area contributed by atoms with E-state index in [9.17, 15) is 0 Å². The summed E-state index contributed by atoms with van der Waals surface area (Å²) >= 11 is 1.57. The normalized spacial score (nSPS) is 16.9. The molecule has 1 aromatic rings. The van der Waals surface area contributed by atoms with E-state index in [1.165, 1.54) is 0 Å². The van der Waals surface area contributed by atoms with Crippen LogP contribution in [0.1, 0.15) is 5.56 Å². The molecule has 3 heteroatoms. The first kappa shape index (κ1) is 8.51. The molecular formula is C10H10N2S. The predicted molar refractivity (Wildman–Crippen MR) is 58.0 cm³/mol. The van der Waals surface area contributed by atoms with Crippen molar-refractivity contribution in [2.75, 3.05) is 12.3 Å². The minimum absolute atomic E-state index is 0.595. The summed E-state index contributed by atoms with van der Waals surface area (Å²) in [6.45, 7) is 0.831. The van der Waals surface area contributed by atoms with Gasteiger partial charge in [0, 0.05) is 17.9 Å². The van der Waals surface area contributed by atoms with Crippen molar-refractivity contribution in [3.05, 3.63) is 35.9 Å². The highest BCUT2D eigenvalue weighted by Crippen LogP contribution is 2.14. The van der Waals surface area contributed by atoms with Crippen molar-refractivity contribution in [1.29, 1.82) is 5.41 Å². The summed E-state index contributed by atoms with van der Waals surface area (Å²) in [6, 6.07) is 9.93. The molecule has 0 saturated carbocycles. The van der Waals surface area contributed by atoms with Crippen molar-refractivity contribution in [2.24, 2.45) is 4.99 Å². The Balaban J connectivity index is 2.35. The second kappa shape index (κ2) is 3.75. The molecule has 1 aromatic carbocycles. The minimum Gasteiger partial charge on any atom is -0.292 e. The van der Waals surface area contributed by atoms with E-state index in [4.69, 9.17) is 5.41 Å². The summed E-state index contributed by atoms with van der Waals surface area (Å²) in [5.41, 5.74) is 1.90. The number of hydrogen-bond donors (Lipinski definition) is 1. The molecule has 0 aromatic heterocycles. The van der Waals surface area contributed by atoms with Crippen LogP contribution in [0.3, 0.4) is 0 Å². The van der Waals surface area contributed by atoms with Gasteiger partial charge in [-0.1, -0.05) is 30.3 Å². The molecule has 1 heterocycles. The van der Waals surface area contributed by atoms with Crippen LogP contribution in [0.4, 0.5) is 0 Å². The topological polar surface area (TPSA) is 36.2 Å². The lowest BCUT2D eigenvalue weighted by Crippen LogP contribution is -2.17. The largest absolute Gasteiger partial charge is 0.292 e. The monoisotopic (exact) mass is 190 g/mol. The second-order valence-corrected chi connectivity index (χ2v) is 3.88. The lowest BCUT2D eigenvalue weighted by Gasteiger charge is -2.12. The quantitative estimate of drug-likeness (QED) is 0.724. The molecule has 1 aliphatic heterocycles. The summed E-state index contributed by atoms with van der Waals surface area (Å²) < 4.78 is 0. The fourth-order valence-electron chi connectivity index (χ4n) is 1.26. The van der Waals surface area contributed by atoms with E-state index in [0.29, 0.717) is 5.04 Å². The maximum absolute atomic E-state index is 7.72. The van der Waals surface area contributed by atoms with Crippen molar-refractivity contribution >= 4 is 22.5 Å². The van der Waals surface area contributed by atoms with Crippen molar-refractivity contribution in [3.63, 3.8) is 0 Å². The van der Waals surface area contributed by atoms with Crippen molar-refractivity contribution < 1.29 is 0 Å². The van der Waals surface area contributed by atoms with Gasteiger partial charge in [-0.25, -0.2) is 0 Å². The molecule has 1 N–H and O–H groups in total. The SMILES string of the molecule is N=C1SCCN=C1c1ccccc1. The minimum atomic E-state index is 0.595. The number of rotatable bonds is 1. The van der Waals surface area contributed by atoms with E-state index in [2.05, 4.69) is 4.99 Å². The Hall–Kier alpha value is -1.09. The Morgan fingerprint density at radius 2 is 2.00 bits per heavy atom. The summed E-state index contributed by atoms with van der Waals surface area (Å²) in [5.74, 6) is 0.940. The molecule has 0 amide bonds.